The number of aryl methyl sites for hydroxylation is 8. The zero-order valence-corrected chi connectivity index (χ0v) is 29.9. The van der Waals surface area contributed by atoms with Crippen LogP contribution in [0.3, 0.4) is 0 Å². The fourth-order valence-electron chi connectivity index (χ4n) is 6.49. The summed E-state index contributed by atoms with van der Waals surface area (Å²) < 4.78 is 22.3. The molecule has 0 aliphatic carbocycles. The van der Waals surface area contributed by atoms with Gasteiger partial charge in [-0.3, -0.25) is 0 Å². The van der Waals surface area contributed by atoms with Crippen molar-refractivity contribution in [3.05, 3.63) is 93.0 Å². The van der Waals surface area contributed by atoms with Crippen LogP contribution in [0, 0.1) is 55.4 Å². The number of carbonyl (C=O) groups is 1. The molecule has 4 aromatic rings. The molecule has 0 unspecified atom stereocenters. The maximum atomic E-state index is 15.2. The number of hydrogen-bond donors (Lipinski definition) is 0. The first kappa shape index (κ1) is 34.0. The maximum Gasteiger partial charge on any atom is 0.340 e. The van der Waals surface area contributed by atoms with Gasteiger partial charge in [0.15, 0.2) is 11.7 Å². The van der Waals surface area contributed by atoms with E-state index < -0.39 is 0 Å². The monoisotopic (exact) mass is 648 g/mol. The number of nitrogens with zero attached hydrogens (tertiary/aromatic N) is 4. The molecule has 4 aromatic carbocycles. The molecule has 1 aliphatic heterocycles. The molecule has 48 heavy (non-hydrogen) atoms. The fourth-order valence-corrected chi connectivity index (χ4v) is 6.49. The second-order valence-electron chi connectivity index (χ2n) is 12.3. The number of amides is 2. The minimum atomic E-state index is -0.298. The number of carbonyl (C=O) groups excluding carboxylic acids is 1. The molecule has 0 N–H and O–H groups in total. The molecule has 9 heteroatoms. The van der Waals surface area contributed by atoms with Crippen molar-refractivity contribution >= 4 is 40.5 Å². The van der Waals surface area contributed by atoms with Crippen LogP contribution in [0.4, 0.5) is 27.5 Å². The second-order valence-corrected chi connectivity index (χ2v) is 12.3. The van der Waals surface area contributed by atoms with Gasteiger partial charge in [0.1, 0.15) is 23.0 Å². The summed E-state index contributed by atoms with van der Waals surface area (Å²) in [6.07, 6.45) is 0. The predicted molar refractivity (Wildman–Crippen MR) is 194 cm³/mol. The van der Waals surface area contributed by atoms with E-state index in [4.69, 9.17) is 28.9 Å². The van der Waals surface area contributed by atoms with Gasteiger partial charge >= 0.3 is 6.03 Å². The first-order valence-electron chi connectivity index (χ1n) is 15.8. The Kier molecular flexibility index (Phi) is 9.52. The lowest BCUT2D eigenvalue weighted by molar-refractivity contribution is 0.257. The molecule has 0 saturated carbocycles. The maximum absolute atomic E-state index is 15.2. The Morgan fingerprint density at radius 2 is 0.646 bits per heavy atom. The largest absolute Gasteiger partial charge is 0.497 e. The van der Waals surface area contributed by atoms with Crippen LogP contribution in [0.15, 0.2) is 58.5 Å². The Morgan fingerprint density at radius 3 is 0.875 bits per heavy atom. The van der Waals surface area contributed by atoms with Gasteiger partial charge in [-0.15, -0.1) is 0 Å². The van der Waals surface area contributed by atoms with Crippen LogP contribution in [0.2, 0.25) is 0 Å². The van der Waals surface area contributed by atoms with Gasteiger partial charge in [0.05, 0.1) is 51.2 Å². The van der Waals surface area contributed by atoms with E-state index in [0.29, 0.717) is 34.5 Å². The lowest BCUT2D eigenvalue weighted by Crippen LogP contribution is -2.35. The normalized spacial score (nSPS) is 14.7. The van der Waals surface area contributed by atoms with Crippen molar-refractivity contribution < 1.29 is 23.7 Å². The molecule has 1 saturated heterocycles. The number of methoxy groups -OCH3 is 4. The molecule has 1 fully saturated rings. The van der Waals surface area contributed by atoms with Crippen molar-refractivity contribution in [3.8, 4) is 23.0 Å². The van der Waals surface area contributed by atoms with Crippen molar-refractivity contribution in [2.75, 3.05) is 38.2 Å². The number of urea groups is 1. The molecule has 2 amide bonds. The van der Waals surface area contributed by atoms with E-state index in [9.17, 15) is 0 Å². The van der Waals surface area contributed by atoms with Crippen LogP contribution in [0.5, 0.6) is 23.0 Å². The highest BCUT2D eigenvalue weighted by Crippen LogP contribution is 2.41. The molecule has 0 spiro atoms. The van der Waals surface area contributed by atoms with E-state index in [1.54, 1.807) is 38.2 Å². The highest BCUT2D eigenvalue weighted by Gasteiger charge is 2.45. The fraction of sp³-hybridized carbons (Fsp3) is 0.308. The van der Waals surface area contributed by atoms with Gasteiger partial charge in [-0.25, -0.2) is 24.6 Å². The smallest absolute Gasteiger partial charge is 0.340 e. The van der Waals surface area contributed by atoms with Gasteiger partial charge in [-0.1, -0.05) is 0 Å². The van der Waals surface area contributed by atoms with Crippen molar-refractivity contribution in [3.63, 3.8) is 0 Å². The minimum Gasteiger partial charge on any atom is -0.497 e. The molecule has 5 rings (SSSR count). The summed E-state index contributed by atoms with van der Waals surface area (Å²) in [4.78, 5) is 29.2. The molecular formula is C39H44N4O5. The lowest BCUT2D eigenvalue weighted by atomic mass is 10.1. The summed E-state index contributed by atoms with van der Waals surface area (Å²) in [6, 6.07) is 15.2. The van der Waals surface area contributed by atoms with Crippen LogP contribution in [-0.4, -0.2) is 46.1 Å². The Hall–Kier alpha value is -5.31. The molecule has 9 nitrogen and oxygen atoms in total. The zero-order chi connectivity index (χ0) is 35.0. The summed E-state index contributed by atoms with van der Waals surface area (Å²) in [5, 5.41) is 0. The van der Waals surface area contributed by atoms with Gasteiger partial charge < -0.3 is 18.9 Å². The highest BCUT2D eigenvalue weighted by molar-refractivity contribution is 6.64. The Morgan fingerprint density at radius 1 is 0.417 bits per heavy atom. The van der Waals surface area contributed by atoms with E-state index in [0.717, 1.165) is 67.4 Å². The quantitative estimate of drug-likeness (QED) is 0.190. The molecule has 1 heterocycles. The first-order chi connectivity index (χ1) is 22.8. The van der Waals surface area contributed by atoms with Crippen molar-refractivity contribution in [2.45, 2.75) is 55.4 Å². The number of rotatable bonds is 8. The zero-order valence-electron chi connectivity index (χ0n) is 29.9. The van der Waals surface area contributed by atoms with E-state index in [2.05, 4.69) is 0 Å². The number of hydrogen-bond acceptors (Lipinski definition) is 7. The molecule has 0 radical (unpaired) electrons. The summed E-state index contributed by atoms with van der Waals surface area (Å²) in [5.74, 6) is 3.68. The van der Waals surface area contributed by atoms with E-state index >= 15 is 4.79 Å². The third kappa shape index (κ3) is 6.08. The molecule has 1 aliphatic rings. The average Bonchev–Trinajstić information content (AvgIpc) is 3.29. The van der Waals surface area contributed by atoms with Crippen LogP contribution >= 0.6 is 0 Å². The average molecular weight is 649 g/mol. The number of amidine groups is 2. The number of ether oxygens (including phenoxy) is 4. The number of anilines is 2. The summed E-state index contributed by atoms with van der Waals surface area (Å²) >= 11 is 0. The molecule has 250 valence electrons. The van der Waals surface area contributed by atoms with Crippen LogP contribution in [0.25, 0.3) is 0 Å². The van der Waals surface area contributed by atoms with E-state index in [-0.39, 0.29) is 6.03 Å². The summed E-state index contributed by atoms with van der Waals surface area (Å²) in [6.45, 7) is 15.9. The second kappa shape index (κ2) is 13.4. The lowest BCUT2D eigenvalue weighted by Gasteiger charge is -2.23. The number of aliphatic imine (C=N–C) groups is 2. The minimum absolute atomic E-state index is 0.298. The van der Waals surface area contributed by atoms with Gasteiger partial charge in [0, 0.05) is 0 Å². The van der Waals surface area contributed by atoms with Crippen LogP contribution < -0.4 is 28.7 Å². The van der Waals surface area contributed by atoms with E-state index in [1.807, 2.05) is 104 Å². The van der Waals surface area contributed by atoms with E-state index in [1.165, 1.54) is 0 Å². The molecular weight excluding hydrogens is 604 g/mol. The first-order valence-corrected chi connectivity index (χ1v) is 15.8. The number of benzene rings is 4. The van der Waals surface area contributed by atoms with Crippen LogP contribution in [0.1, 0.15) is 44.5 Å². The van der Waals surface area contributed by atoms with Crippen molar-refractivity contribution in [1.82, 2.24) is 0 Å². The van der Waals surface area contributed by atoms with Crippen molar-refractivity contribution in [2.24, 2.45) is 9.98 Å². The Balaban J connectivity index is 1.93. The third-order valence-electron chi connectivity index (χ3n) is 8.69. The summed E-state index contributed by atoms with van der Waals surface area (Å²) in [7, 11) is 6.57. The summed E-state index contributed by atoms with van der Waals surface area (Å²) in [5.41, 5.74) is 9.94. The van der Waals surface area contributed by atoms with Crippen LogP contribution in [-0.2, 0) is 0 Å². The molecule has 0 atom stereocenters. The predicted octanol–water partition coefficient (Wildman–Crippen LogP) is 9.10. The van der Waals surface area contributed by atoms with Gasteiger partial charge in [-0.05, 0) is 148 Å². The SMILES string of the molecule is COc1cc(C)c(N=C2C(=Nc3c(C)cc(OC)cc3C)N(c3c(C)cc(OC)cc3C)C(=O)N2c2c(C)cc(OC)cc2C)c(C)c1. The van der Waals surface area contributed by atoms with Gasteiger partial charge in [0.25, 0.3) is 0 Å². The Bertz CT molecular complexity index is 1760. The Labute approximate surface area is 283 Å². The molecule has 0 aromatic heterocycles. The third-order valence-corrected chi connectivity index (χ3v) is 8.69. The standard InChI is InChI=1S/C39H44N4O5/c1-21-13-29(45-9)14-22(2)33(21)40-37-38(41-34-23(3)15-30(46-10)16-24(34)4)43(36-27(7)19-32(48-12)20-28(36)8)39(44)42(37)35-25(5)17-31(47-11)18-26(35)6/h13-20H,1-12H3. The molecule has 0 bridgehead atoms. The van der Waals surface area contributed by atoms with Gasteiger partial charge in [0.2, 0.25) is 0 Å². The topological polar surface area (TPSA) is 85.2 Å². The van der Waals surface area contributed by atoms with Gasteiger partial charge in [-0.2, -0.15) is 0 Å². The highest BCUT2D eigenvalue weighted by atomic mass is 16.5. The van der Waals surface area contributed by atoms with Crippen molar-refractivity contribution in [1.29, 1.82) is 0 Å².